The zero-order chi connectivity index (χ0) is 68.6. The number of carbonyl (C=O) groups is 4. The molecule has 0 radical (unpaired) electrons. The largest absolute Gasteiger partial charge is 0.472 e. The van der Waals surface area contributed by atoms with Gasteiger partial charge in [0.25, 0.3) is 0 Å². The number of phosphoric ester groups is 2. The van der Waals surface area contributed by atoms with Crippen LogP contribution >= 0.6 is 15.6 Å². The van der Waals surface area contributed by atoms with E-state index in [2.05, 4.69) is 41.5 Å². The van der Waals surface area contributed by atoms with Gasteiger partial charge < -0.3 is 33.8 Å². The Morgan fingerprint density at radius 1 is 0.301 bits per heavy atom. The molecule has 0 saturated carbocycles. The average Bonchev–Trinajstić information content (AvgIpc) is 2.87. The fourth-order valence-electron chi connectivity index (χ4n) is 11.2. The summed E-state index contributed by atoms with van der Waals surface area (Å²) in [5, 5.41) is 10.6. The van der Waals surface area contributed by atoms with Crippen LogP contribution in [-0.4, -0.2) is 96.7 Å². The van der Waals surface area contributed by atoms with Gasteiger partial charge in [-0.05, 0) is 37.5 Å². The lowest BCUT2D eigenvalue weighted by Crippen LogP contribution is -2.30. The molecule has 0 bridgehead atoms. The quantitative estimate of drug-likeness (QED) is 0.0222. The monoisotopic (exact) mass is 1370 g/mol. The molecule has 0 spiro atoms. The van der Waals surface area contributed by atoms with Gasteiger partial charge in [0, 0.05) is 25.7 Å². The van der Waals surface area contributed by atoms with Gasteiger partial charge in [-0.25, -0.2) is 9.13 Å². The minimum absolute atomic E-state index is 0.104. The molecule has 0 amide bonds. The summed E-state index contributed by atoms with van der Waals surface area (Å²) in [5.74, 6) is -0.554. The van der Waals surface area contributed by atoms with Gasteiger partial charge in [0.2, 0.25) is 0 Å². The molecule has 0 aromatic rings. The van der Waals surface area contributed by atoms with Crippen LogP contribution in [0.4, 0.5) is 0 Å². The molecule has 93 heavy (non-hydrogen) atoms. The van der Waals surface area contributed by atoms with Crippen LogP contribution in [0.25, 0.3) is 0 Å². The van der Waals surface area contributed by atoms with Crippen molar-refractivity contribution in [2.45, 2.75) is 400 Å². The number of carbonyl (C=O) groups excluding carboxylic acids is 4. The van der Waals surface area contributed by atoms with Gasteiger partial charge in [0.05, 0.1) is 26.4 Å². The fourth-order valence-corrected chi connectivity index (χ4v) is 12.8. The van der Waals surface area contributed by atoms with Gasteiger partial charge in [-0.3, -0.25) is 37.3 Å². The second-order valence-corrected chi connectivity index (χ2v) is 30.1. The molecule has 4 unspecified atom stereocenters. The summed E-state index contributed by atoms with van der Waals surface area (Å²) < 4.78 is 68.2. The van der Waals surface area contributed by atoms with Gasteiger partial charge >= 0.3 is 39.5 Å². The van der Waals surface area contributed by atoms with Crippen LogP contribution in [-0.2, 0) is 65.4 Å². The number of ether oxygens (including phenoxy) is 4. The summed E-state index contributed by atoms with van der Waals surface area (Å²) in [5.41, 5.74) is 0. The van der Waals surface area contributed by atoms with Gasteiger partial charge in [0.1, 0.15) is 19.3 Å². The van der Waals surface area contributed by atoms with E-state index >= 15 is 0 Å². The molecule has 0 rings (SSSR count). The van der Waals surface area contributed by atoms with E-state index in [4.69, 9.17) is 37.0 Å². The number of esters is 4. The van der Waals surface area contributed by atoms with E-state index in [9.17, 15) is 43.2 Å². The normalized spacial score (nSPS) is 14.6. The number of aliphatic hydroxyl groups is 1. The van der Waals surface area contributed by atoms with Crippen molar-refractivity contribution in [2.75, 3.05) is 39.6 Å². The molecule has 7 atom stereocenters. The highest BCUT2D eigenvalue weighted by molar-refractivity contribution is 7.47. The minimum atomic E-state index is -4.95. The van der Waals surface area contributed by atoms with Gasteiger partial charge in [-0.2, -0.15) is 0 Å². The first-order chi connectivity index (χ1) is 44.9. The highest BCUT2D eigenvalue weighted by atomic mass is 31.2. The molecule has 0 aromatic carbocycles. The molecular formula is C74H144O17P2. The summed E-state index contributed by atoms with van der Waals surface area (Å²) in [4.78, 5) is 72.4. The molecule has 3 N–H and O–H groups in total. The SMILES string of the molecule is CCCCCCCCCCCCCCCCCCCCCCCCC(=O)O[C@H](COC(=O)CCCCCCCCCCCCC(C)CC)COP(=O)(O)OC[C@@H](O)COP(=O)(O)OC[C@@H](COC(=O)CCCCCCC)OC(=O)CCCCCCCCCCC(C)CC. The Balaban J connectivity index is 5.11. The van der Waals surface area contributed by atoms with Crippen LogP contribution in [0.3, 0.4) is 0 Å². The Labute approximate surface area is 568 Å². The maximum atomic E-state index is 13.1. The third-order valence-corrected chi connectivity index (χ3v) is 19.8. The molecule has 0 aromatic heterocycles. The number of hydrogen-bond acceptors (Lipinski definition) is 15. The molecule has 552 valence electrons. The van der Waals surface area contributed by atoms with E-state index in [0.717, 1.165) is 108 Å². The summed E-state index contributed by atoms with van der Waals surface area (Å²) in [7, 11) is -9.90. The Morgan fingerprint density at radius 3 is 0.763 bits per heavy atom. The topological polar surface area (TPSA) is 237 Å². The Hall–Kier alpha value is -1.94. The van der Waals surface area contributed by atoms with Crippen molar-refractivity contribution in [3.63, 3.8) is 0 Å². The van der Waals surface area contributed by atoms with Crippen molar-refractivity contribution in [3.05, 3.63) is 0 Å². The minimum Gasteiger partial charge on any atom is -0.462 e. The van der Waals surface area contributed by atoms with Crippen LogP contribution in [0.1, 0.15) is 382 Å². The van der Waals surface area contributed by atoms with E-state index < -0.39 is 97.5 Å². The Morgan fingerprint density at radius 2 is 0.516 bits per heavy atom. The molecule has 0 aliphatic rings. The second-order valence-electron chi connectivity index (χ2n) is 27.2. The second kappa shape index (κ2) is 66.0. The molecular weight excluding hydrogens is 1220 g/mol. The maximum Gasteiger partial charge on any atom is 0.472 e. The Kier molecular flexibility index (Phi) is 64.6. The summed E-state index contributed by atoms with van der Waals surface area (Å²) >= 11 is 0. The highest BCUT2D eigenvalue weighted by Crippen LogP contribution is 2.45. The Bertz CT molecular complexity index is 1810. The number of aliphatic hydroxyl groups excluding tert-OH is 1. The lowest BCUT2D eigenvalue weighted by molar-refractivity contribution is -0.161. The molecule has 0 saturated heterocycles. The van der Waals surface area contributed by atoms with E-state index in [1.165, 1.54) is 193 Å². The third kappa shape index (κ3) is 65.8. The van der Waals surface area contributed by atoms with Crippen LogP contribution in [0.15, 0.2) is 0 Å². The number of rotatable bonds is 73. The van der Waals surface area contributed by atoms with Crippen molar-refractivity contribution < 1.29 is 80.2 Å². The first kappa shape index (κ1) is 91.1. The molecule has 19 heteroatoms. The van der Waals surface area contributed by atoms with Crippen molar-refractivity contribution in [1.29, 1.82) is 0 Å². The molecule has 17 nitrogen and oxygen atoms in total. The van der Waals surface area contributed by atoms with Gasteiger partial charge in [-0.15, -0.1) is 0 Å². The number of phosphoric acid groups is 2. The average molecular weight is 1370 g/mol. The van der Waals surface area contributed by atoms with E-state index in [0.29, 0.717) is 25.7 Å². The van der Waals surface area contributed by atoms with Gasteiger partial charge in [-0.1, -0.05) is 330 Å². The summed E-state index contributed by atoms with van der Waals surface area (Å²) in [6, 6.07) is 0. The van der Waals surface area contributed by atoms with Crippen LogP contribution in [0.5, 0.6) is 0 Å². The van der Waals surface area contributed by atoms with Crippen LogP contribution in [0, 0.1) is 11.8 Å². The standard InChI is InChI=1S/C74H144O17P2/c1-7-11-13-15-16-17-18-19-20-21-22-23-24-25-26-27-28-29-34-40-46-52-58-73(78)91-70(63-85-72(77)57-51-45-39-33-31-30-32-37-43-48-54-66(5)9-3)65-89-93(82,83)87-61-68(75)60-86-92(80,81)88-64-69(62-84-71(76)56-50-42-14-12-8-2)90-74(79)59-53-47-41-36-35-38-44-49-55-67(6)10-4/h66-70,75H,7-65H2,1-6H3,(H,80,81)(H,82,83)/t66?,67?,68-,69+,70+/m0/s1. The van der Waals surface area contributed by atoms with Crippen LogP contribution in [0.2, 0.25) is 0 Å². The first-order valence-corrected chi connectivity index (χ1v) is 41.6. The van der Waals surface area contributed by atoms with E-state index in [-0.39, 0.29) is 25.7 Å². The predicted molar refractivity (Wildman–Crippen MR) is 377 cm³/mol. The predicted octanol–water partition coefficient (Wildman–Crippen LogP) is 21.6. The number of hydrogen-bond donors (Lipinski definition) is 3. The number of unbranched alkanes of at least 4 members (excludes halogenated alkanes) is 41. The summed E-state index contributed by atoms with van der Waals surface area (Å²) in [6.07, 6.45) is 53.2. The van der Waals surface area contributed by atoms with Crippen molar-refractivity contribution in [2.24, 2.45) is 11.8 Å². The molecule has 0 aliphatic heterocycles. The van der Waals surface area contributed by atoms with Crippen molar-refractivity contribution >= 4 is 39.5 Å². The molecule has 0 aliphatic carbocycles. The van der Waals surface area contributed by atoms with E-state index in [1.54, 1.807) is 0 Å². The van der Waals surface area contributed by atoms with Crippen LogP contribution < -0.4 is 0 Å². The van der Waals surface area contributed by atoms with E-state index in [1.807, 2.05) is 0 Å². The molecule has 0 fully saturated rings. The van der Waals surface area contributed by atoms with Gasteiger partial charge in [0.15, 0.2) is 12.2 Å². The summed E-state index contributed by atoms with van der Waals surface area (Å²) in [6.45, 7) is 9.50. The third-order valence-electron chi connectivity index (χ3n) is 17.9. The van der Waals surface area contributed by atoms with Crippen molar-refractivity contribution in [1.82, 2.24) is 0 Å². The van der Waals surface area contributed by atoms with Crippen molar-refractivity contribution in [3.8, 4) is 0 Å². The highest BCUT2D eigenvalue weighted by Gasteiger charge is 2.30. The lowest BCUT2D eigenvalue weighted by Gasteiger charge is -2.21. The zero-order valence-electron chi connectivity index (χ0n) is 60.6. The molecule has 0 heterocycles. The lowest BCUT2D eigenvalue weighted by atomic mass is 9.99. The fraction of sp³-hybridized carbons (Fsp3) is 0.946. The maximum absolute atomic E-state index is 13.1. The zero-order valence-corrected chi connectivity index (χ0v) is 62.3. The smallest absolute Gasteiger partial charge is 0.462 e. The first-order valence-electron chi connectivity index (χ1n) is 38.6.